The van der Waals surface area contributed by atoms with Crippen LogP contribution in [0.3, 0.4) is 0 Å². The van der Waals surface area contributed by atoms with Crippen LogP contribution in [-0.2, 0) is 9.53 Å². The maximum absolute atomic E-state index is 11.8. The standard InChI is InChI=1S/C12H18N2O3S2/c1-12(2,16)6-7-8(11(15)17-3)14-10(19-7)9-13-4-5-18-9/h7-8,16H,4-6H2,1-3H3. The van der Waals surface area contributed by atoms with Crippen molar-refractivity contribution in [2.45, 2.75) is 37.2 Å². The van der Waals surface area contributed by atoms with Crippen molar-refractivity contribution < 1.29 is 14.6 Å². The van der Waals surface area contributed by atoms with Gasteiger partial charge in [-0.3, -0.25) is 9.98 Å². The van der Waals surface area contributed by atoms with Gasteiger partial charge < -0.3 is 9.84 Å². The minimum absolute atomic E-state index is 0.0913. The van der Waals surface area contributed by atoms with Gasteiger partial charge >= 0.3 is 5.97 Å². The monoisotopic (exact) mass is 302 g/mol. The molecule has 0 aromatic heterocycles. The number of hydrogen-bond acceptors (Lipinski definition) is 7. The van der Waals surface area contributed by atoms with Gasteiger partial charge in [-0.15, -0.1) is 11.8 Å². The van der Waals surface area contributed by atoms with Gasteiger partial charge in [0.25, 0.3) is 0 Å². The molecule has 0 aliphatic carbocycles. The number of carbonyl (C=O) groups excluding carboxylic acids is 1. The first-order valence-corrected chi connectivity index (χ1v) is 7.99. The smallest absolute Gasteiger partial charge is 0.331 e. The summed E-state index contributed by atoms with van der Waals surface area (Å²) in [6, 6.07) is -0.541. The van der Waals surface area contributed by atoms with Crippen molar-refractivity contribution in [3.8, 4) is 0 Å². The number of rotatable bonds is 4. The van der Waals surface area contributed by atoms with Crippen molar-refractivity contribution in [2.75, 3.05) is 19.4 Å². The molecule has 2 rings (SSSR count). The van der Waals surface area contributed by atoms with E-state index >= 15 is 0 Å². The predicted molar refractivity (Wildman–Crippen MR) is 80.3 cm³/mol. The van der Waals surface area contributed by atoms with Crippen molar-refractivity contribution in [1.82, 2.24) is 0 Å². The number of hydrogen-bond donors (Lipinski definition) is 1. The molecule has 5 nitrogen and oxygen atoms in total. The number of nitrogens with zero attached hydrogens (tertiary/aromatic N) is 2. The third-order valence-electron chi connectivity index (χ3n) is 2.78. The Labute approximate surface area is 121 Å². The zero-order valence-corrected chi connectivity index (χ0v) is 12.9. The summed E-state index contributed by atoms with van der Waals surface area (Å²) >= 11 is 3.19. The molecule has 0 saturated heterocycles. The fourth-order valence-electron chi connectivity index (χ4n) is 1.99. The highest BCUT2D eigenvalue weighted by Gasteiger charge is 2.40. The molecule has 2 aliphatic heterocycles. The van der Waals surface area contributed by atoms with Crippen LogP contribution in [0.1, 0.15) is 20.3 Å². The summed E-state index contributed by atoms with van der Waals surface area (Å²) in [6.07, 6.45) is 0.488. The van der Waals surface area contributed by atoms with Crippen LogP contribution in [-0.4, -0.2) is 57.5 Å². The summed E-state index contributed by atoms with van der Waals surface area (Å²) in [4.78, 5) is 20.6. The highest BCUT2D eigenvalue weighted by atomic mass is 32.2. The topological polar surface area (TPSA) is 71.2 Å². The number of ether oxygens (including phenoxy) is 1. The van der Waals surface area contributed by atoms with Gasteiger partial charge in [-0.25, -0.2) is 4.79 Å². The lowest BCUT2D eigenvalue weighted by Gasteiger charge is -2.23. The van der Waals surface area contributed by atoms with E-state index in [0.29, 0.717) is 6.42 Å². The van der Waals surface area contributed by atoms with Crippen LogP contribution in [0.15, 0.2) is 9.98 Å². The van der Waals surface area contributed by atoms with E-state index < -0.39 is 11.6 Å². The van der Waals surface area contributed by atoms with Crippen LogP contribution in [0.2, 0.25) is 0 Å². The van der Waals surface area contributed by atoms with E-state index in [9.17, 15) is 9.90 Å². The molecular weight excluding hydrogens is 284 g/mol. The first kappa shape index (κ1) is 14.9. The average Bonchev–Trinajstić information content (AvgIpc) is 2.94. The van der Waals surface area contributed by atoms with Crippen LogP contribution < -0.4 is 0 Å². The summed E-state index contributed by atoms with van der Waals surface area (Å²) in [5.41, 5.74) is -0.834. The molecule has 0 saturated carbocycles. The first-order valence-electron chi connectivity index (χ1n) is 6.13. The summed E-state index contributed by atoms with van der Waals surface area (Å²) < 4.78 is 4.80. The molecule has 7 heteroatoms. The third-order valence-corrected chi connectivity index (χ3v) is 5.14. The van der Waals surface area contributed by atoms with Crippen molar-refractivity contribution in [3.05, 3.63) is 0 Å². The number of aliphatic imine (C=N–C) groups is 2. The maximum Gasteiger partial charge on any atom is 0.331 e. The second-order valence-electron chi connectivity index (χ2n) is 5.11. The van der Waals surface area contributed by atoms with E-state index in [-0.39, 0.29) is 11.2 Å². The van der Waals surface area contributed by atoms with Crippen molar-refractivity contribution >= 4 is 39.6 Å². The lowest BCUT2D eigenvalue weighted by Crippen LogP contribution is -2.34. The molecule has 0 bridgehead atoms. The Balaban J connectivity index is 2.15. The van der Waals surface area contributed by atoms with E-state index in [4.69, 9.17) is 4.74 Å². The number of aliphatic hydroxyl groups is 1. The molecule has 0 radical (unpaired) electrons. The Morgan fingerprint density at radius 2 is 2.26 bits per heavy atom. The molecular formula is C12H18N2O3S2. The number of thioether (sulfide) groups is 2. The van der Waals surface area contributed by atoms with Crippen LogP contribution in [0, 0.1) is 0 Å². The van der Waals surface area contributed by atoms with E-state index in [1.165, 1.54) is 18.9 Å². The van der Waals surface area contributed by atoms with Crippen molar-refractivity contribution in [3.63, 3.8) is 0 Å². The summed E-state index contributed by atoms with van der Waals surface area (Å²) in [7, 11) is 1.36. The van der Waals surface area contributed by atoms with E-state index in [2.05, 4.69) is 9.98 Å². The van der Waals surface area contributed by atoms with Gasteiger partial charge in [0.15, 0.2) is 6.04 Å². The molecule has 0 aromatic rings. The summed E-state index contributed by atoms with van der Waals surface area (Å²) in [5, 5.41) is 11.6. The number of esters is 1. The lowest BCUT2D eigenvalue weighted by molar-refractivity contribution is -0.142. The molecule has 19 heavy (non-hydrogen) atoms. The van der Waals surface area contributed by atoms with E-state index in [0.717, 1.165) is 22.4 Å². The molecule has 0 spiro atoms. The quantitative estimate of drug-likeness (QED) is 0.794. The van der Waals surface area contributed by atoms with Gasteiger partial charge in [-0.05, 0) is 20.3 Å². The fraction of sp³-hybridized carbons (Fsp3) is 0.750. The van der Waals surface area contributed by atoms with Crippen LogP contribution in [0.4, 0.5) is 0 Å². The zero-order valence-electron chi connectivity index (χ0n) is 11.3. The molecule has 2 atom stereocenters. The molecule has 0 aromatic carbocycles. The Hall–Kier alpha value is -0.530. The summed E-state index contributed by atoms with van der Waals surface area (Å²) in [5.74, 6) is 0.619. The summed E-state index contributed by atoms with van der Waals surface area (Å²) in [6.45, 7) is 4.28. The molecule has 1 N–H and O–H groups in total. The molecule has 0 amide bonds. The second kappa shape index (κ2) is 5.85. The Kier molecular flexibility index (Phi) is 4.58. The Morgan fingerprint density at radius 3 is 2.79 bits per heavy atom. The zero-order chi connectivity index (χ0) is 14.0. The molecule has 2 unspecified atom stereocenters. The molecule has 106 valence electrons. The SMILES string of the molecule is COC(=O)C1N=C(C2=NCCS2)SC1CC(C)(C)O. The van der Waals surface area contributed by atoms with Gasteiger partial charge in [-0.2, -0.15) is 0 Å². The van der Waals surface area contributed by atoms with Gasteiger partial charge in [-0.1, -0.05) is 11.8 Å². The van der Waals surface area contributed by atoms with Gasteiger partial charge in [0, 0.05) is 17.5 Å². The lowest BCUT2D eigenvalue weighted by atomic mass is 9.99. The first-order chi connectivity index (χ1) is 8.90. The molecule has 2 aliphatic rings. The highest BCUT2D eigenvalue weighted by Crippen LogP contribution is 2.36. The van der Waals surface area contributed by atoms with Crippen molar-refractivity contribution in [2.24, 2.45) is 9.98 Å². The number of carbonyl (C=O) groups is 1. The molecule has 0 fully saturated rings. The van der Waals surface area contributed by atoms with Crippen LogP contribution >= 0.6 is 23.5 Å². The fourth-order valence-corrected chi connectivity index (χ4v) is 4.46. The average molecular weight is 302 g/mol. The van der Waals surface area contributed by atoms with Crippen molar-refractivity contribution in [1.29, 1.82) is 0 Å². The third kappa shape index (κ3) is 3.73. The number of methoxy groups -OCH3 is 1. The Morgan fingerprint density at radius 1 is 1.53 bits per heavy atom. The minimum atomic E-state index is -0.834. The maximum atomic E-state index is 11.8. The van der Waals surface area contributed by atoms with Gasteiger partial charge in [0.2, 0.25) is 0 Å². The second-order valence-corrected chi connectivity index (χ2v) is 7.42. The normalized spacial score (nSPS) is 27.2. The highest BCUT2D eigenvalue weighted by molar-refractivity contribution is 8.25. The largest absolute Gasteiger partial charge is 0.467 e. The van der Waals surface area contributed by atoms with Crippen LogP contribution in [0.25, 0.3) is 0 Å². The van der Waals surface area contributed by atoms with E-state index in [1.54, 1.807) is 25.6 Å². The van der Waals surface area contributed by atoms with Gasteiger partial charge in [0.05, 0.1) is 12.7 Å². The molecule has 2 heterocycles. The van der Waals surface area contributed by atoms with E-state index in [1.807, 2.05) is 0 Å². The Bertz CT molecular complexity index is 429. The van der Waals surface area contributed by atoms with Gasteiger partial charge in [0.1, 0.15) is 10.1 Å². The minimum Gasteiger partial charge on any atom is -0.467 e. The predicted octanol–water partition coefficient (Wildman–Crippen LogP) is 1.35. The van der Waals surface area contributed by atoms with Crippen LogP contribution in [0.5, 0.6) is 0 Å².